The molecular formula is C16H38OS2. The summed E-state index contributed by atoms with van der Waals surface area (Å²) in [6.07, 6.45) is 7.76. The van der Waals surface area contributed by atoms with Crippen LogP contribution in [-0.4, -0.2) is 21.0 Å². The molecule has 2 unspecified atom stereocenters. The van der Waals surface area contributed by atoms with Gasteiger partial charge in [0.15, 0.2) is 0 Å². The molecule has 0 aliphatic carbocycles. The highest BCUT2D eigenvalue weighted by Crippen LogP contribution is 2.18. The molecule has 0 radical (unpaired) electrons. The van der Waals surface area contributed by atoms with Crippen molar-refractivity contribution in [3.8, 4) is 0 Å². The Morgan fingerprint density at radius 3 is 1.74 bits per heavy atom. The maximum atomic E-state index is 8.91. The van der Waals surface area contributed by atoms with Crippen molar-refractivity contribution >= 4 is 24.4 Å². The number of rotatable bonds is 5. The Morgan fingerprint density at radius 1 is 1.16 bits per heavy atom. The van der Waals surface area contributed by atoms with E-state index in [1.54, 1.807) is 11.8 Å². The third-order valence-corrected chi connectivity index (χ3v) is 2.69. The van der Waals surface area contributed by atoms with E-state index in [0.717, 1.165) is 6.42 Å². The molecule has 1 N–H and O–H groups in total. The fourth-order valence-corrected chi connectivity index (χ4v) is 2.09. The zero-order valence-electron chi connectivity index (χ0n) is 13.3. The topological polar surface area (TPSA) is 20.2 Å². The van der Waals surface area contributed by atoms with Crippen LogP contribution in [0.15, 0.2) is 12.2 Å². The first-order valence-corrected chi connectivity index (χ1v) is 8.40. The lowest BCUT2D eigenvalue weighted by molar-refractivity contribution is 0.283. The molecule has 0 saturated carbocycles. The fraction of sp³-hybridized carbons (Fsp3) is 0.875. The van der Waals surface area contributed by atoms with Gasteiger partial charge in [0.25, 0.3) is 0 Å². The lowest BCUT2D eigenvalue weighted by atomic mass is 10.3. The normalized spacial score (nSPS) is 12.7. The predicted octanol–water partition coefficient (Wildman–Crippen LogP) is 6.18. The van der Waals surface area contributed by atoms with Crippen LogP contribution in [0.1, 0.15) is 75.2 Å². The van der Waals surface area contributed by atoms with E-state index in [1.165, 1.54) is 12.8 Å². The number of thioether (sulfide) groups is 1. The zero-order valence-corrected chi connectivity index (χ0v) is 15.0. The number of hydrogen-bond acceptors (Lipinski definition) is 3. The highest BCUT2D eigenvalue weighted by molar-refractivity contribution is 8.00. The van der Waals surface area contributed by atoms with Gasteiger partial charge in [0.1, 0.15) is 0 Å². The lowest BCUT2D eigenvalue weighted by Gasteiger charge is -2.10. The summed E-state index contributed by atoms with van der Waals surface area (Å²) < 4.78 is 0. The van der Waals surface area contributed by atoms with E-state index in [0.29, 0.717) is 10.5 Å². The summed E-state index contributed by atoms with van der Waals surface area (Å²) in [6, 6.07) is 0. The first kappa shape index (κ1) is 27.7. The Bertz CT molecular complexity index is 154. The first-order chi connectivity index (χ1) is 8.31. The van der Waals surface area contributed by atoms with E-state index in [1.807, 2.05) is 27.7 Å². The van der Waals surface area contributed by atoms with Gasteiger partial charge in [-0.15, -0.1) is 11.8 Å². The molecule has 0 spiro atoms. The molecule has 0 bridgehead atoms. The second-order valence-electron chi connectivity index (χ2n) is 4.41. The maximum absolute atomic E-state index is 8.91. The van der Waals surface area contributed by atoms with Gasteiger partial charge in [0.2, 0.25) is 0 Å². The van der Waals surface area contributed by atoms with Gasteiger partial charge >= 0.3 is 0 Å². The number of aliphatic hydroxyl groups excluding tert-OH is 1. The molecule has 0 aromatic heterocycles. The van der Waals surface area contributed by atoms with E-state index in [-0.39, 0.29) is 12.9 Å². The van der Waals surface area contributed by atoms with Crippen molar-refractivity contribution in [2.45, 2.75) is 91.1 Å². The van der Waals surface area contributed by atoms with Gasteiger partial charge in [0, 0.05) is 5.25 Å². The van der Waals surface area contributed by atoms with E-state index in [4.69, 9.17) is 5.11 Å². The highest BCUT2D eigenvalue weighted by Gasteiger charge is 2.03. The van der Waals surface area contributed by atoms with E-state index < -0.39 is 0 Å². The zero-order chi connectivity index (χ0) is 15.0. The molecular weight excluding hydrogens is 272 g/mol. The van der Waals surface area contributed by atoms with Crippen molar-refractivity contribution in [2.24, 2.45) is 0 Å². The highest BCUT2D eigenvalue weighted by atomic mass is 32.2. The fourth-order valence-electron chi connectivity index (χ4n) is 1.05. The van der Waals surface area contributed by atoms with Crippen molar-refractivity contribution in [1.29, 1.82) is 0 Å². The Labute approximate surface area is 133 Å². The molecule has 0 saturated heterocycles. The standard InChI is InChI=1S/C7H16OS.C5H10.C3H8S.CH4/c1-4-5-6(2)9-7(3)8;1-3-5-4-2;1-3(2)4;/h6-8H,4-5H2,1-3H3;3,5H,4H2,1-2H3;3-4H,1-2H3;1H4/b;5-3+;;. The third kappa shape index (κ3) is 56.0. The molecule has 0 aliphatic heterocycles. The maximum Gasteiger partial charge on any atom is 0.0967 e. The predicted molar refractivity (Wildman–Crippen MR) is 99.6 cm³/mol. The molecule has 2 atom stereocenters. The molecule has 120 valence electrons. The Hall–Kier alpha value is 0.400. The molecule has 19 heavy (non-hydrogen) atoms. The molecule has 3 heteroatoms. The summed E-state index contributed by atoms with van der Waals surface area (Å²) in [5, 5.41) is 10.0. The SMILES string of the molecule is C.C/C=C/CC.CC(C)S.CCCC(C)SC(C)O. The number of allylic oxidation sites excluding steroid dienone is 2. The Kier molecular flexibility index (Phi) is 34.2. The van der Waals surface area contributed by atoms with E-state index in [2.05, 4.69) is 45.6 Å². The largest absolute Gasteiger partial charge is 0.383 e. The van der Waals surface area contributed by atoms with Crippen LogP contribution >= 0.6 is 24.4 Å². The van der Waals surface area contributed by atoms with Gasteiger partial charge in [-0.1, -0.05) is 60.6 Å². The molecule has 0 aromatic rings. The first-order valence-electron chi connectivity index (χ1n) is 6.94. The second-order valence-corrected chi connectivity index (χ2v) is 7.20. The Balaban J connectivity index is -0.0000000964. The van der Waals surface area contributed by atoms with Gasteiger partial charge < -0.3 is 5.11 Å². The monoisotopic (exact) mass is 310 g/mol. The quantitative estimate of drug-likeness (QED) is 0.359. The average molecular weight is 311 g/mol. The number of aliphatic hydroxyl groups is 1. The minimum Gasteiger partial charge on any atom is -0.383 e. The summed E-state index contributed by atoms with van der Waals surface area (Å²) in [5.41, 5.74) is -0.202. The third-order valence-electron chi connectivity index (χ3n) is 1.60. The minimum atomic E-state index is -0.202. The number of thiol groups is 1. The second kappa shape index (κ2) is 23.5. The van der Waals surface area contributed by atoms with Crippen molar-refractivity contribution in [1.82, 2.24) is 0 Å². The van der Waals surface area contributed by atoms with Crippen LogP contribution in [0, 0.1) is 0 Å². The van der Waals surface area contributed by atoms with Crippen LogP contribution in [0.5, 0.6) is 0 Å². The molecule has 0 heterocycles. The van der Waals surface area contributed by atoms with Crippen LogP contribution in [0.2, 0.25) is 0 Å². The van der Waals surface area contributed by atoms with Crippen molar-refractivity contribution < 1.29 is 5.11 Å². The van der Waals surface area contributed by atoms with Crippen LogP contribution < -0.4 is 0 Å². The average Bonchev–Trinajstić information content (AvgIpc) is 2.17. The minimum absolute atomic E-state index is 0. The summed E-state index contributed by atoms with van der Waals surface area (Å²) in [7, 11) is 0. The lowest BCUT2D eigenvalue weighted by Crippen LogP contribution is -2.02. The van der Waals surface area contributed by atoms with Gasteiger partial charge in [0.05, 0.1) is 5.44 Å². The molecule has 0 rings (SSSR count). The van der Waals surface area contributed by atoms with Crippen LogP contribution in [-0.2, 0) is 0 Å². The molecule has 0 aromatic carbocycles. The van der Waals surface area contributed by atoms with Crippen molar-refractivity contribution in [3.63, 3.8) is 0 Å². The molecule has 0 aliphatic rings. The van der Waals surface area contributed by atoms with Gasteiger partial charge in [-0.2, -0.15) is 12.6 Å². The Morgan fingerprint density at radius 2 is 1.58 bits per heavy atom. The summed E-state index contributed by atoms with van der Waals surface area (Å²) >= 11 is 5.60. The van der Waals surface area contributed by atoms with Gasteiger partial charge in [-0.05, 0) is 31.9 Å². The number of hydrogen-bond donors (Lipinski definition) is 2. The summed E-state index contributed by atoms with van der Waals surface area (Å²) in [5.74, 6) is 0. The van der Waals surface area contributed by atoms with Crippen LogP contribution in [0.4, 0.5) is 0 Å². The van der Waals surface area contributed by atoms with E-state index in [9.17, 15) is 0 Å². The van der Waals surface area contributed by atoms with Crippen molar-refractivity contribution in [2.75, 3.05) is 0 Å². The van der Waals surface area contributed by atoms with Crippen LogP contribution in [0.3, 0.4) is 0 Å². The summed E-state index contributed by atoms with van der Waals surface area (Å²) in [6.45, 7) is 14.4. The van der Waals surface area contributed by atoms with E-state index >= 15 is 0 Å². The molecule has 0 amide bonds. The van der Waals surface area contributed by atoms with Gasteiger partial charge in [-0.3, -0.25) is 0 Å². The summed E-state index contributed by atoms with van der Waals surface area (Å²) in [4.78, 5) is 0. The smallest absolute Gasteiger partial charge is 0.0967 e. The van der Waals surface area contributed by atoms with Crippen LogP contribution in [0.25, 0.3) is 0 Å². The molecule has 1 nitrogen and oxygen atoms in total. The van der Waals surface area contributed by atoms with Crippen molar-refractivity contribution in [3.05, 3.63) is 12.2 Å². The van der Waals surface area contributed by atoms with Gasteiger partial charge in [-0.25, -0.2) is 0 Å². The molecule has 0 fully saturated rings.